The number of rotatable bonds is 8. The number of aryl methyl sites for hydroxylation is 1. The summed E-state index contributed by atoms with van der Waals surface area (Å²) in [4.78, 5) is 5.28. The highest BCUT2D eigenvalue weighted by Crippen LogP contribution is 2.23. The summed E-state index contributed by atoms with van der Waals surface area (Å²) in [5, 5.41) is 3.38. The van der Waals surface area contributed by atoms with Gasteiger partial charge in [-0.15, -0.1) is 11.3 Å². The zero-order chi connectivity index (χ0) is 14.4. The van der Waals surface area contributed by atoms with Crippen molar-refractivity contribution in [3.63, 3.8) is 0 Å². The third-order valence-corrected chi connectivity index (χ3v) is 5.24. The quantitative estimate of drug-likeness (QED) is 0.746. The second-order valence-electron chi connectivity index (χ2n) is 5.69. The van der Waals surface area contributed by atoms with Crippen LogP contribution < -0.4 is 5.32 Å². The Morgan fingerprint density at radius 1 is 1.50 bits per heavy atom. The minimum Gasteiger partial charge on any atom is -0.377 e. The fraction of sp³-hybridized carbons (Fsp3) is 0.750. The molecule has 0 spiro atoms. The Balaban J connectivity index is 1.69. The summed E-state index contributed by atoms with van der Waals surface area (Å²) < 4.78 is 5.89. The first kappa shape index (κ1) is 16.0. The molecule has 1 aliphatic rings. The first-order valence-electron chi connectivity index (χ1n) is 7.77. The molecule has 20 heavy (non-hydrogen) atoms. The van der Waals surface area contributed by atoms with Gasteiger partial charge in [0.2, 0.25) is 0 Å². The Morgan fingerprint density at radius 2 is 2.35 bits per heavy atom. The molecule has 1 fully saturated rings. The highest BCUT2D eigenvalue weighted by molar-refractivity contribution is 7.12. The Bertz CT molecular complexity index is 405. The van der Waals surface area contributed by atoms with Gasteiger partial charge in [0.05, 0.1) is 6.61 Å². The molecular weight excluding hydrogens is 268 g/mol. The van der Waals surface area contributed by atoms with Gasteiger partial charge in [0.25, 0.3) is 0 Å². The number of hydrogen-bond acceptors (Lipinski definition) is 4. The highest BCUT2D eigenvalue weighted by Gasteiger charge is 2.20. The van der Waals surface area contributed by atoms with E-state index < -0.39 is 0 Å². The molecule has 0 radical (unpaired) electrons. The van der Waals surface area contributed by atoms with Crippen LogP contribution in [0.3, 0.4) is 0 Å². The Hall–Kier alpha value is -0.420. The second-order valence-corrected chi connectivity index (χ2v) is 7.03. The van der Waals surface area contributed by atoms with Gasteiger partial charge in [0.1, 0.15) is 0 Å². The summed E-state index contributed by atoms with van der Waals surface area (Å²) >= 11 is 1.89. The molecule has 1 aromatic heterocycles. The number of nitrogens with zero attached hydrogens (tertiary/aromatic N) is 1. The van der Waals surface area contributed by atoms with Gasteiger partial charge in [0.15, 0.2) is 0 Å². The van der Waals surface area contributed by atoms with Crippen LogP contribution in [0.25, 0.3) is 0 Å². The van der Waals surface area contributed by atoms with Crippen molar-refractivity contribution in [2.75, 3.05) is 26.7 Å². The van der Waals surface area contributed by atoms with E-state index in [0.29, 0.717) is 0 Å². The SMILES string of the molecule is CCNCc1cc(COCCC2CCCN2C)c(C)s1. The molecule has 1 aliphatic heterocycles. The topological polar surface area (TPSA) is 24.5 Å². The molecular formula is C16H28N2OS. The van der Waals surface area contributed by atoms with Crippen LogP contribution in [-0.4, -0.2) is 37.7 Å². The lowest BCUT2D eigenvalue weighted by Gasteiger charge is -2.18. The summed E-state index contributed by atoms with van der Waals surface area (Å²) in [7, 11) is 2.23. The van der Waals surface area contributed by atoms with Crippen molar-refractivity contribution in [1.29, 1.82) is 0 Å². The van der Waals surface area contributed by atoms with E-state index in [0.717, 1.165) is 32.3 Å². The van der Waals surface area contributed by atoms with E-state index >= 15 is 0 Å². The van der Waals surface area contributed by atoms with Crippen molar-refractivity contribution in [2.45, 2.75) is 52.3 Å². The molecule has 114 valence electrons. The van der Waals surface area contributed by atoms with Crippen molar-refractivity contribution in [3.8, 4) is 0 Å². The lowest BCUT2D eigenvalue weighted by molar-refractivity contribution is 0.101. The third kappa shape index (κ3) is 4.55. The van der Waals surface area contributed by atoms with Gasteiger partial charge in [-0.2, -0.15) is 0 Å². The smallest absolute Gasteiger partial charge is 0.0727 e. The van der Waals surface area contributed by atoms with Gasteiger partial charge in [-0.05, 0) is 58.0 Å². The number of likely N-dealkylation sites (tertiary alicyclic amines) is 1. The lowest BCUT2D eigenvalue weighted by Crippen LogP contribution is -2.26. The second kappa shape index (κ2) is 8.13. The number of ether oxygens (including phenoxy) is 1. The van der Waals surface area contributed by atoms with Crippen LogP contribution in [0.5, 0.6) is 0 Å². The van der Waals surface area contributed by atoms with Crippen LogP contribution in [0.4, 0.5) is 0 Å². The van der Waals surface area contributed by atoms with Crippen molar-refractivity contribution in [3.05, 3.63) is 21.4 Å². The molecule has 0 bridgehead atoms. The maximum atomic E-state index is 5.89. The number of hydrogen-bond donors (Lipinski definition) is 1. The normalized spacial score (nSPS) is 19.9. The molecule has 3 nitrogen and oxygen atoms in total. The van der Waals surface area contributed by atoms with E-state index in [1.54, 1.807) is 0 Å². The first-order chi connectivity index (χ1) is 9.70. The summed E-state index contributed by atoms with van der Waals surface area (Å²) in [5.74, 6) is 0. The zero-order valence-electron chi connectivity index (χ0n) is 13.1. The molecule has 0 amide bonds. The van der Waals surface area contributed by atoms with Gasteiger partial charge in [-0.1, -0.05) is 6.92 Å². The van der Waals surface area contributed by atoms with Crippen molar-refractivity contribution in [1.82, 2.24) is 10.2 Å². The van der Waals surface area contributed by atoms with Gasteiger partial charge >= 0.3 is 0 Å². The van der Waals surface area contributed by atoms with E-state index in [1.165, 1.54) is 41.1 Å². The first-order valence-corrected chi connectivity index (χ1v) is 8.59. The van der Waals surface area contributed by atoms with Crippen LogP contribution >= 0.6 is 11.3 Å². The average Bonchev–Trinajstić information content (AvgIpc) is 2.99. The molecule has 2 heterocycles. The summed E-state index contributed by atoms with van der Waals surface area (Å²) in [6.45, 7) is 9.25. The Morgan fingerprint density at radius 3 is 3.05 bits per heavy atom. The fourth-order valence-corrected chi connectivity index (χ4v) is 3.83. The molecule has 1 atom stereocenters. The number of thiophene rings is 1. The number of nitrogens with one attached hydrogen (secondary N) is 1. The molecule has 0 aromatic carbocycles. The Kier molecular flexibility index (Phi) is 6.49. The predicted octanol–water partition coefficient (Wildman–Crippen LogP) is 3.17. The summed E-state index contributed by atoms with van der Waals surface area (Å²) in [6.07, 6.45) is 3.85. The van der Waals surface area contributed by atoms with E-state index in [4.69, 9.17) is 4.74 Å². The van der Waals surface area contributed by atoms with E-state index in [1.807, 2.05) is 11.3 Å². The Labute approximate surface area is 127 Å². The van der Waals surface area contributed by atoms with Crippen molar-refractivity contribution >= 4 is 11.3 Å². The fourth-order valence-electron chi connectivity index (χ4n) is 2.81. The molecule has 1 saturated heterocycles. The minimum atomic E-state index is 0.739. The van der Waals surface area contributed by atoms with Gasteiger partial charge in [0, 0.05) is 28.9 Å². The molecule has 1 aromatic rings. The van der Waals surface area contributed by atoms with Crippen LogP contribution in [-0.2, 0) is 17.9 Å². The van der Waals surface area contributed by atoms with Gasteiger partial charge < -0.3 is 15.0 Å². The van der Waals surface area contributed by atoms with Crippen molar-refractivity contribution < 1.29 is 4.74 Å². The van der Waals surface area contributed by atoms with E-state index in [2.05, 4.69) is 37.2 Å². The zero-order valence-corrected chi connectivity index (χ0v) is 13.9. The van der Waals surface area contributed by atoms with Gasteiger partial charge in [-0.3, -0.25) is 0 Å². The van der Waals surface area contributed by atoms with Crippen LogP contribution in [0, 0.1) is 6.92 Å². The molecule has 2 rings (SSSR count). The molecule has 4 heteroatoms. The lowest BCUT2D eigenvalue weighted by atomic mass is 10.1. The third-order valence-electron chi connectivity index (χ3n) is 4.15. The predicted molar refractivity (Wildman–Crippen MR) is 86.4 cm³/mol. The van der Waals surface area contributed by atoms with Crippen LogP contribution in [0.2, 0.25) is 0 Å². The molecule has 0 aliphatic carbocycles. The maximum absolute atomic E-state index is 5.89. The van der Waals surface area contributed by atoms with E-state index in [-0.39, 0.29) is 0 Å². The molecule has 0 saturated carbocycles. The van der Waals surface area contributed by atoms with Gasteiger partial charge in [-0.25, -0.2) is 0 Å². The highest BCUT2D eigenvalue weighted by atomic mass is 32.1. The standard InChI is InChI=1S/C16H28N2OS/c1-4-17-11-16-10-14(13(2)20-16)12-19-9-7-15-6-5-8-18(15)3/h10,15,17H,4-9,11-12H2,1-3H3. The molecule has 1 N–H and O–H groups in total. The molecule has 1 unspecified atom stereocenters. The van der Waals surface area contributed by atoms with Crippen molar-refractivity contribution in [2.24, 2.45) is 0 Å². The average molecular weight is 296 g/mol. The monoisotopic (exact) mass is 296 g/mol. The minimum absolute atomic E-state index is 0.739. The summed E-state index contributed by atoms with van der Waals surface area (Å²) in [5.41, 5.74) is 1.36. The largest absolute Gasteiger partial charge is 0.377 e. The van der Waals surface area contributed by atoms with E-state index in [9.17, 15) is 0 Å². The maximum Gasteiger partial charge on any atom is 0.0727 e. The van der Waals surface area contributed by atoms with Crippen LogP contribution in [0.1, 0.15) is 41.5 Å². The summed E-state index contributed by atoms with van der Waals surface area (Å²) in [6, 6.07) is 3.03. The van der Waals surface area contributed by atoms with Crippen LogP contribution in [0.15, 0.2) is 6.07 Å².